The molecule has 1 saturated heterocycles. The van der Waals surface area contributed by atoms with Gasteiger partial charge < -0.3 is 9.64 Å². The van der Waals surface area contributed by atoms with Gasteiger partial charge in [0, 0.05) is 31.1 Å². The molecule has 8 nitrogen and oxygen atoms in total. The standard InChI is InChI=1S/C36H43N3O5S/c1-36(2,3)44-35(41)39(33-24-32(33)30-10-6-4-7-11-30)26-29-20-22-38(23-21-29)25-28-16-14-27(15-17-28)18-19-34(40)37-45(42,43)31-12-8-5-9-13-31/h4-19,29,32-33H,20-26H2,1-3H3,(H,37,40)/b19-18+/t32-,33+/m0/s1. The van der Waals surface area contributed by atoms with Crippen LogP contribution < -0.4 is 4.72 Å². The van der Waals surface area contributed by atoms with E-state index in [4.69, 9.17) is 4.74 Å². The normalized spacial score (nSPS) is 19.3. The summed E-state index contributed by atoms with van der Waals surface area (Å²) in [7, 11) is -3.91. The van der Waals surface area contributed by atoms with Gasteiger partial charge in [-0.05, 0) is 93.9 Å². The minimum Gasteiger partial charge on any atom is -0.444 e. The molecule has 1 N–H and O–H groups in total. The summed E-state index contributed by atoms with van der Waals surface area (Å²) in [5.74, 6) is 0.0943. The van der Waals surface area contributed by atoms with Crippen molar-refractivity contribution in [1.82, 2.24) is 14.5 Å². The smallest absolute Gasteiger partial charge is 0.410 e. The van der Waals surface area contributed by atoms with E-state index >= 15 is 0 Å². The van der Waals surface area contributed by atoms with Gasteiger partial charge in [-0.3, -0.25) is 9.69 Å². The third-order valence-corrected chi connectivity index (χ3v) is 9.64. The Morgan fingerprint density at radius 1 is 0.933 bits per heavy atom. The van der Waals surface area contributed by atoms with Gasteiger partial charge in [0.05, 0.1) is 4.90 Å². The Bertz CT molecular complexity index is 1580. The van der Waals surface area contributed by atoms with E-state index in [1.807, 2.05) is 56.0 Å². The molecule has 0 radical (unpaired) electrons. The second kappa shape index (κ2) is 14.0. The summed E-state index contributed by atoms with van der Waals surface area (Å²) in [6.45, 7) is 9.21. The number of ether oxygens (including phenoxy) is 1. The van der Waals surface area contributed by atoms with E-state index in [-0.39, 0.29) is 17.0 Å². The van der Waals surface area contributed by atoms with Crippen LogP contribution in [0.3, 0.4) is 0 Å². The number of hydrogen-bond donors (Lipinski definition) is 1. The SMILES string of the molecule is CC(C)(C)OC(=O)N(CC1CCN(Cc2ccc(/C=C/C(=O)NS(=O)(=O)c3ccccc3)cc2)CC1)[C@@H]1C[C@H]1c1ccccc1. The number of likely N-dealkylation sites (tertiary alicyclic amines) is 1. The fraction of sp³-hybridized carbons (Fsp3) is 0.389. The molecule has 0 spiro atoms. The lowest BCUT2D eigenvalue weighted by molar-refractivity contribution is -0.114. The maximum absolute atomic E-state index is 13.3. The van der Waals surface area contributed by atoms with Gasteiger partial charge in [0.15, 0.2) is 0 Å². The van der Waals surface area contributed by atoms with Crippen LogP contribution in [-0.4, -0.2) is 61.5 Å². The van der Waals surface area contributed by atoms with Crippen LogP contribution >= 0.6 is 0 Å². The quantitative estimate of drug-likeness (QED) is 0.268. The second-order valence-electron chi connectivity index (χ2n) is 13.0. The van der Waals surface area contributed by atoms with Crippen LogP contribution in [0.1, 0.15) is 62.6 Å². The Hall–Kier alpha value is -3.95. The van der Waals surface area contributed by atoms with Gasteiger partial charge in [-0.15, -0.1) is 0 Å². The number of carbonyl (C=O) groups excluding carboxylic acids is 2. The molecule has 3 aromatic rings. The van der Waals surface area contributed by atoms with Crippen LogP contribution in [0.15, 0.2) is 95.9 Å². The van der Waals surface area contributed by atoms with E-state index in [0.29, 0.717) is 11.8 Å². The minimum atomic E-state index is -3.91. The van der Waals surface area contributed by atoms with E-state index in [9.17, 15) is 18.0 Å². The lowest BCUT2D eigenvalue weighted by Crippen LogP contribution is -2.44. The van der Waals surface area contributed by atoms with Crippen molar-refractivity contribution in [2.24, 2.45) is 5.92 Å². The fourth-order valence-electron chi connectivity index (χ4n) is 5.84. The molecule has 9 heteroatoms. The summed E-state index contributed by atoms with van der Waals surface area (Å²) in [6.07, 6.45) is 5.63. The van der Waals surface area contributed by atoms with E-state index in [1.54, 1.807) is 24.3 Å². The van der Waals surface area contributed by atoms with Crippen molar-refractivity contribution < 1.29 is 22.7 Å². The number of nitrogens with one attached hydrogen (secondary N) is 1. The van der Waals surface area contributed by atoms with Gasteiger partial charge in [-0.1, -0.05) is 72.8 Å². The fourth-order valence-corrected chi connectivity index (χ4v) is 6.81. The molecule has 238 valence electrons. The Balaban J connectivity index is 1.10. The van der Waals surface area contributed by atoms with Crippen LogP contribution in [0.5, 0.6) is 0 Å². The van der Waals surface area contributed by atoms with Crippen LogP contribution in [-0.2, 0) is 26.1 Å². The van der Waals surface area contributed by atoms with Crippen LogP contribution in [0.25, 0.3) is 6.08 Å². The number of benzene rings is 3. The average Bonchev–Trinajstić information content (AvgIpc) is 3.81. The molecule has 1 aliphatic heterocycles. The molecule has 2 fully saturated rings. The second-order valence-corrected chi connectivity index (χ2v) is 14.7. The third-order valence-electron chi connectivity index (χ3n) is 8.28. The van der Waals surface area contributed by atoms with Crippen LogP contribution in [0.4, 0.5) is 4.79 Å². The predicted molar refractivity (Wildman–Crippen MR) is 176 cm³/mol. The first-order chi connectivity index (χ1) is 21.5. The molecule has 2 amide bonds. The summed E-state index contributed by atoms with van der Waals surface area (Å²) in [5.41, 5.74) is 2.73. The Morgan fingerprint density at radius 2 is 1.56 bits per heavy atom. The maximum atomic E-state index is 13.3. The first-order valence-corrected chi connectivity index (χ1v) is 17.1. The summed E-state index contributed by atoms with van der Waals surface area (Å²) in [5, 5.41) is 0. The van der Waals surface area contributed by atoms with Crippen molar-refractivity contribution in [3.8, 4) is 0 Å². The Labute approximate surface area is 267 Å². The molecule has 2 atom stereocenters. The number of carbonyl (C=O) groups is 2. The first-order valence-electron chi connectivity index (χ1n) is 15.6. The van der Waals surface area contributed by atoms with Gasteiger partial charge in [-0.2, -0.15) is 0 Å². The Kier molecular flexibility index (Phi) is 10.1. The summed E-state index contributed by atoms with van der Waals surface area (Å²) < 4.78 is 32.6. The zero-order valence-corrected chi connectivity index (χ0v) is 27.1. The largest absolute Gasteiger partial charge is 0.444 e. The average molecular weight is 630 g/mol. The molecule has 5 rings (SSSR count). The molecule has 0 unspecified atom stereocenters. The number of nitrogens with zero attached hydrogens (tertiary/aromatic N) is 2. The van der Waals surface area contributed by atoms with Gasteiger partial charge in [0.1, 0.15) is 5.60 Å². The molecule has 0 bridgehead atoms. The predicted octanol–water partition coefficient (Wildman–Crippen LogP) is 6.21. The van der Waals surface area contributed by atoms with E-state index in [1.165, 1.54) is 29.3 Å². The van der Waals surface area contributed by atoms with Gasteiger partial charge in [-0.25, -0.2) is 17.9 Å². The number of sulfonamides is 1. The van der Waals surface area contributed by atoms with Crippen molar-refractivity contribution in [1.29, 1.82) is 0 Å². The van der Waals surface area contributed by atoms with Crippen molar-refractivity contribution >= 4 is 28.1 Å². The number of rotatable bonds is 10. The minimum absolute atomic E-state index is 0.0418. The number of piperidine rings is 1. The van der Waals surface area contributed by atoms with E-state index in [2.05, 4.69) is 33.9 Å². The molecular weight excluding hydrogens is 586 g/mol. The zero-order chi connectivity index (χ0) is 32.0. The lowest BCUT2D eigenvalue weighted by Gasteiger charge is -2.36. The molecule has 45 heavy (non-hydrogen) atoms. The van der Waals surface area contributed by atoms with Crippen LogP contribution in [0.2, 0.25) is 0 Å². The highest BCUT2D eigenvalue weighted by atomic mass is 32.2. The lowest BCUT2D eigenvalue weighted by atomic mass is 9.95. The van der Waals surface area contributed by atoms with Crippen molar-refractivity contribution in [2.45, 2.75) is 69.0 Å². The molecule has 3 aromatic carbocycles. The van der Waals surface area contributed by atoms with Crippen molar-refractivity contribution in [2.75, 3.05) is 19.6 Å². The summed E-state index contributed by atoms with van der Waals surface area (Å²) in [4.78, 5) is 30.0. The topological polar surface area (TPSA) is 96.0 Å². The molecular formula is C36H43N3O5S. The van der Waals surface area contributed by atoms with Gasteiger partial charge >= 0.3 is 6.09 Å². The van der Waals surface area contributed by atoms with Crippen molar-refractivity contribution in [3.05, 3.63) is 108 Å². The molecule has 1 aliphatic carbocycles. The van der Waals surface area contributed by atoms with E-state index in [0.717, 1.165) is 51.0 Å². The summed E-state index contributed by atoms with van der Waals surface area (Å²) >= 11 is 0. The number of hydrogen-bond acceptors (Lipinski definition) is 6. The van der Waals surface area contributed by atoms with Gasteiger partial charge in [0.25, 0.3) is 15.9 Å². The molecule has 0 aromatic heterocycles. The monoisotopic (exact) mass is 629 g/mol. The number of amides is 2. The highest BCUT2D eigenvalue weighted by Crippen LogP contribution is 2.45. The van der Waals surface area contributed by atoms with Gasteiger partial charge in [0.2, 0.25) is 0 Å². The molecule has 2 aliphatic rings. The zero-order valence-electron chi connectivity index (χ0n) is 26.3. The van der Waals surface area contributed by atoms with Crippen molar-refractivity contribution in [3.63, 3.8) is 0 Å². The summed E-state index contributed by atoms with van der Waals surface area (Å²) in [6, 6.07) is 26.3. The van der Waals surface area contributed by atoms with Crippen LogP contribution in [0, 0.1) is 5.92 Å². The molecule has 1 saturated carbocycles. The maximum Gasteiger partial charge on any atom is 0.410 e. The third kappa shape index (κ3) is 9.28. The Morgan fingerprint density at radius 3 is 2.18 bits per heavy atom. The molecule has 1 heterocycles. The highest BCUT2D eigenvalue weighted by molar-refractivity contribution is 7.90. The van der Waals surface area contributed by atoms with E-state index < -0.39 is 21.5 Å². The first kappa shape index (κ1) is 32.4. The highest BCUT2D eigenvalue weighted by Gasteiger charge is 2.46.